The first-order chi connectivity index (χ1) is 12.5. The minimum Gasteiger partial charge on any atom is -0.494 e. The molecule has 0 bridgehead atoms. The summed E-state index contributed by atoms with van der Waals surface area (Å²) >= 11 is 0. The van der Waals surface area contributed by atoms with Gasteiger partial charge in [-0.15, -0.1) is 0 Å². The lowest BCUT2D eigenvalue weighted by molar-refractivity contribution is -0.138. The van der Waals surface area contributed by atoms with Gasteiger partial charge in [0.25, 0.3) is 0 Å². The number of aryl methyl sites for hydroxylation is 1. The molecule has 0 heterocycles. The Bertz CT molecular complexity index is 723. The zero-order valence-electron chi connectivity index (χ0n) is 15.2. The summed E-state index contributed by atoms with van der Waals surface area (Å²) in [5.41, 5.74) is 2.45. The summed E-state index contributed by atoms with van der Waals surface area (Å²) in [4.78, 5) is 23.1. The van der Waals surface area contributed by atoms with Crippen molar-refractivity contribution >= 4 is 17.6 Å². The van der Waals surface area contributed by atoms with Gasteiger partial charge in [-0.2, -0.15) is 0 Å². The number of carboxylic acid groups (broad SMARTS) is 1. The van der Waals surface area contributed by atoms with Crippen molar-refractivity contribution in [1.29, 1.82) is 0 Å². The van der Waals surface area contributed by atoms with E-state index in [1.165, 1.54) is 0 Å². The van der Waals surface area contributed by atoms with Crippen LogP contribution in [0.1, 0.15) is 43.7 Å². The van der Waals surface area contributed by atoms with Crippen LogP contribution < -0.4 is 10.1 Å². The molecule has 5 nitrogen and oxygen atoms in total. The van der Waals surface area contributed by atoms with E-state index in [9.17, 15) is 9.59 Å². The first kappa shape index (κ1) is 19.5. The summed E-state index contributed by atoms with van der Waals surface area (Å²) < 4.78 is 5.54. The van der Waals surface area contributed by atoms with E-state index < -0.39 is 11.9 Å². The van der Waals surface area contributed by atoms with E-state index in [0.717, 1.165) is 17.7 Å². The third kappa shape index (κ3) is 5.92. The second kappa shape index (κ2) is 9.61. The molecule has 0 aromatic heterocycles. The fourth-order valence-electron chi connectivity index (χ4n) is 2.45. The lowest BCUT2D eigenvalue weighted by Crippen LogP contribution is -2.12. The second-order valence-corrected chi connectivity index (χ2v) is 6.22. The van der Waals surface area contributed by atoms with Crippen molar-refractivity contribution in [2.45, 2.75) is 39.0 Å². The number of hydrogen-bond acceptors (Lipinski definition) is 3. The van der Waals surface area contributed by atoms with Gasteiger partial charge >= 0.3 is 5.97 Å². The molecular formula is C21H25NO4. The number of carbonyl (C=O) groups is 2. The number of carboxylic acids is 1. The molecule has 0 aliphatic carbocycles. The fourth-order valence-corrected chi connectivity index (χ4v) is 2.45. The predicted molar refractivity (Wildman–Crippen MR) is 102 cm³/mol. The minimum absolute atomic E-state index is 0.0738. The summed E-state index contributed by atoms with van der Waals surface area (Å²) in [6.45, 7) is 4.40. The number of anilines is 1. The van der Waals surface area contributed by atoms with Gasteiger partial charge in [-0.1, -0.05) is 31.2 Å². The molecule has 0 aliphatic rings. The number of ether oxygens (including phenoxy) is 1. The van der Waals surface area contributed by atoms with Crippen molar-refractivity contribution in [2.75, 3.05) is 11.9 Å². The summed E-state index contributed by atoms with van der Waals surface area (Å²) in [7, 11) is 0. The number of hydrogen-bond donors (Lipinski definition) is 2. The van der Waals surface area contributed by atoms with Crippen LogP contribution in [-0.4, -0.2) is 23.6 Å². The Balaban J connectivity index is 1.82. The van der Waals surface area contributed by atoms with Gasteiger partial charge < -0.3 is 15.2 Å². The highest BCUT2D eigenvalue weighted by atomic mass is 16.5. The predicted octanol–water partition coefficient (Wildman–Crippen LogP) is 4.23. The van der Waals surface area contributed by atoms with Crippen LogP contribution in [-0.2, 0) is 16.0 Å². The smallest absolute Gasteiger partial charge is 0.310 e. The van der Waals surface area contributed by atoms with Gasteiger partial charge in [-0.3, -0.25) is 9.59 Å². The van der Waals surface area contributed by atoms with Gasteiger partial charge in [0.15, 0.2) is 0 Å². The normalized spacial score (nSPS) is 11.6. The van der Waals surface area contributed by atoms with E-state index >= 15 is 0 Å². The van der Waals surface area contributed by atoms with Crippen LogP contribution in [0.15, 0.2) is 48.5 Å². The van der Waals surface area contributed by atoms with Crippen molar-refractivity contribution in [1.82, 2.24) is 0 Å². The molecule has 138 valence electrons. The molecule has 2 aromatic rings. The lowest BCUT2D eigenvalue weighted by atomic mass is 10.0. The van der Waals surface area contributed by atoms with E-state index in [2.05, 4.69) is 12.2 Å². The lowest BCUT2D eigenvalue weighted by Gasteiger charge is -2.09. The van der Waals surface area contributed by atoms with Crippen LogP contribution in [0.3, 0.4) is 0 Å². The third-order valence-electron chi connectivity index (χ3n) is 4.10. The molecule has 2 N–H and O–H groups in total. The van der Waals surface area contributed by atoms with Crippen molar-refractivity contribution in [3.8, 4) is 5.75 Å². The number of amides is 1. The molecule has 0 radical (unpaired) electrons. The Labute approximate surface area is 154 Å². The molecular weight excluding hydrogens is 330 g/mol. The molecule has 1 amide bonds. The summed E-state index contributed by atoms with van der Waals surface area (Å²) in [5, 5.41) is 11.8. The van der Waals surface area contributed by atoms with Gasteiger partial charge in [0.1, 0.15) is 5.75 Å². The molecule has 1 atom stereocenters. The second-order valence-electron chi connectivity index (χ2n) is 6.22. The maximum absolute atomic E-state index is 12.1. The van der Waals surface area contributed by atoms with E-state index in [4.69, 9.17) is 9.84 Å². The number of carbonyl (C=O) groups excluding carboxylic acids is 1. The quantitative estimate of drug-likeness (QED) is 0.706. The largest absolute Gasteiger partial charge is 0.494 e. The van der Waals surface area contributed by atoms with Crippen molar-refractivity contribution in [3.63, 3.8) is 0 Å². The van der Waals surface area contributed by atoms with Gasteiger partial charge in [0.2, 0.25) is 5.91 Å². The van der Waals surface area contributed by atoms with Gasteiger partial charge in [0, 0.05) is 12.1 Å². The van der Waals surface area contributed by atoms with Crippen molar-refractivity contribution in [2.24, 2.45) is 0 Å². The monoisotopic (exact) mass is 355 g/mol. The molecule has 0 aliphatic heterocycles. The zero-order valence-corrected chi connectivity index (χ0v) is 15.2. The van der Waals surface area contributed by atoms with Crippen LogP contribution in [0.25, 0.3) is 0 Å². The average molecular weight is 355 g/mol. The maximum atomic E-state index is 12.1. The Hall–Kier alpha value is -2.82. The average Bonchev–Trinajstić information content (AvgIpc) is 2.65. The fraction of sp³-hybridized carbons (Fsp3) is 0.333. The molecule has 1 unspecified atom stereocenters. The molecule has 0 saturated carbocycles. The topological polar surface area (TPSA) is 75.6 Å². The first-order valence-electron chi connectivity index (χ1n) is 8.84. The zero-order chi connectivity index (χ0) is 18.9. The standard InChI is InChI=1S/C21H25NO4/c1-3-14-26-19-11-4-16(5-12-19)6-13-20(23)22-18-9-7-17(8-10-18)15(2)21(24)25/h4-5,7-12,15H,3,6,13-14H2,1-2H3,(H,22,23)(H,24,25). The van der Waals surface area contributed by atoms with Gasteiger partial charge in [-0.25, -0.2) is 0 Å². The SMILES string of the molecule is CCCOc1ccc(CCC(=O)Nc2ccc(C(C)C(=O)O)cc2)cc1. The number of nitrogens with one attached hydrogen (secondary N) is 1. The first-order valence-corrected chi connectivity index (χ1v) is 8.84. The Morgan fingerprint density at radius 3 is 2.31 bits per heavy atom. The highest BCUT2D eigenvalue weighted by Gasteiger charge is 2.13. The number of rotatable bonds is 9. The molecule has 26 heavy (non-hydrogen) atoms. The molecule has 2 aromatic carbocycles. The van der Waals surface area contributed by atoms with Crippen LogP contribution in [0.5, 0.6) is 5.75 Å². The Morgan fingerprint density at radius 1 is 1.08 bits per heavy atom. The highest BCUT2D eigenvalue weighted by molar-refractivity contribution is 5.90. The van der Waals surface area contributed by atoms with Crippen LogP contribution >= 0.6 is 0 Å². The Kier molecular flexibility index (Phi) is 7.21. The third-order valence-corrected chi connectivity index (χ3v) is 4.10. The molecule has 5 heteroatoms. The van der Waals surface area contributed by atoms with E-state index in [1.54, 1.807) is 31.2 Å². The van der Waals surface area contributed by atoms with E-state index in [0.29, 0.717) is 30.7 Å². The summed E-state index contributed by atoms with van der Waals surface area (Å²) in [6, 6.07) is 14.7. The minimum atomic E-state index is -0.868. The molecule has 0 fully saturated rings. The summed E-state index contributed by atoms with van der Waals surface area (Å²) in [5.74, 6) is -0.664. The summed E-state index contributed by atoms with van der Waals surface area (Å²) in [6.07, 6.45) is 1.99. The van der Waals surface area contributed by atoms with Gasteiger partial charge in [0.05, 0.1) is 12.5 Å². The van der Waals surface area contributed by atoms with E-state index in [1.807, 2.05) is 24.3 Å². The van der Waals surface area contributed by atoms with E-state index in [-0.39, 0.29) is 5.91 Å². The van der Waals surface area contributed by atoms with Crippen LogP contribution in [0, 0.1) is 0 Å². The van der Waals surface area contributed by atoms with Crippen LogP contribution in [0.2, 0.25) is 0 Å². The van der Waals surface area contributed by atoms with Crippen molar-refractivity contribution < 1.29 is 19.4 Å². The molecule has 2 rings (SSSR count). The van der Waals surface area contributed by atoms with Crippen molar-refractivity contribution in [3.05, 3.63) is 59.7 Å². The van der Waals surface area contributed by atoms with Crippen LogP contribution in [0.4, 0.5) is 5.69 Å². The Morgan fingerprint density at radius 2 is 1.73 bits per heavy atom. The maximum Gasteiger partial charge on any atom is 0.310 e. The molecule has 0 spiro atoms. The number of aliphatic carboxylic acids is 1. The molecule has 0 saturated heterocycles. The van der Waals surface area contributed by atoms with Gasteiger partial charge in [-0.05, 0) is 55.2 Å². The highest BCUT2D eigenvalue weighted by Crippen LogP contribution is 2.19. The number of benzene rings is 2.